The van der Waals surface area contributed by atoms with E-state index in [4.69, 9.17) is 9.40 Å². The van der Waals surface area contributed by atoms with Crippen LogP contribution in [0.1, 0.15) is 40.2 Å². The molecule has 5 rings (SSSR count). The molecule has 3 aromatic heterocycles. The lowest BCUT2D eigenvalue weighted by molar-refractivity contribution is 0.434. The topological polar surface area (TPSA) is 78.7 Å². The molecular formula is C18H17N5O2S. The molecule has 1 aliphatic carbocycles. The fraction of sp³-hybridized carbons (Fsp3) is 0.333. The molecule has 8 heteroatoms. The van der Waals surface area contributed by atoms with Crippen molar-refractivity contribution in [2.45, 2.75) is 38.8 Å². The van der Waals surface area contributed by atoms with Crippen molar-refractivity contribution in [3.05, 3.63) is 62.3 Å². The minimum atomic E-state index is -0.379. The molecule has 0 amide bonds. The summed E-state index contributed by atoms with van der Waals surface area (Å²) in [7, 11) is 0. The van der Waals surface area contributed by atoms with E-state index in [1.54, 1.807) is 22.0 Å². The Morgan fingerprint density at radius 2 is 2.23 bits per heavy atom. The van der Waals surface area contributed by atoms with E-state index in [0.717, 1.165) is 41.2 Å². The summed E-state index contributed by atoms with van der Waals surface area (Å²) in [5.74, 6) is -0.379. The summed E-state index contributed by atoms with van der Waals surface area (Å²) in [5.41, 5.74) is 3.21. The number of aromatic nitrogens is 5. The number of aryl methyl sites for hydroxylation is 2. The largest absolute Gasteiger partial charge is 0.420 e. The summed E-state index contributed by atoms with van der Waals surface area (Å²) >= 11 is 1.77. The van der Waals surface area contributed by atoms with Gasteiger partial charge in [0.25, 0.3) is 0 Å². The number of para-hydroxylation sites is 2. The van der Waals surface area contributed by atoms with Crippen LogP contribution in [0, 0.1) is 6.92 Å². The molecule has 0 saturated heterocycles. The zero-order chi connectivity index (χ0) is 17.7. The first kappa shape index (κ1) is 15.5. The molecule has 7 nitrogen and oxygen atoms in total. The Labute approximate surface area is 152 Å². The first-order valence-corrected chi connectivity index (χ1v) is 9.46. The van der Waals surface area contributed by atoms with Gasteiger partial charge in [0.15, 0.2) is 5.58 Å². The summed E-state index contributed by atoms with van der Waals surface area (Å²) in [6.07, 6.45) is 5.14. The number of thiazole rings is 1. The Morgan fingerprint density at radius 3 is 3.15 bits per heavy atom. The van der Waals surface area contributed by atoms with E-state index in [1.165, 1.54) is 4.88 Å². The van der Waals surface area contributed by atoms with Crippen LogP contribution >= 0.6 is 11.3 Å². The molecule has 132 valence electrons. The second kappa shape index (κ2) is 5.91. The molecule has 0 unspecified atom stereocenters. The van der Waals surface area contributed by atoms with Crippen LogP contribution in [0.2, 0.25) is 0 Å². The highest BCUT2D eigenvalue weighted by atomic mass is 32.1. The van der Waals surface area contributed by atoms with Gasteiger partial charge < -0.3 is 4.42 Å². The Bertz CT molecular complexity index is 1150. The lowest BCUT2D eigenvalue weighted by atomic mass is 9.98. The molecule has 0 bridgehead atoms. The first-order chi connectivity index (χ1) is 12.7. The van der Waals surface area contributed by atoms with Gasteiger partial charge in [0.05, 0.1) is 35.0 Å². The standard InChI is InChI=1S/C18H17N5O2S/c1-11-19-17-14(6-4-8-16(17)26-11)23-10-12(20-21-23)9-22-13-5-2-3-7-15(13)25-18(22)24/h2-3,5,7,10,14H,4,6,8-9H2,1H3/t14-/m1/s1. The Balaban J connectivity index is 1.48. The van der Waals surface area contributed by atoms with Crippen LogP contribution in [0.15, 0.2) is 39.7 Å². The number of fused-ring (bicyclic) bond motifs is 2. The molecule has 0 saturated carbocycles. The predicted molar refractivity (Wildman–Crippen MR) is 97.5 cm³/mol. The van der Waals surface area contributed by atoms with Crippen LogP contribution in [0.5, 0.6) is 0 Å². The zero-order valence-electron chi connectivity index (χ0n) is 14.3. The normalized spacial score (nSPS) is 16.9. The zero-order valence-corrected chi connectivity index (χ0v) is 15.1. The third-order valence-corrected chi connectivity index (χ3v) is 5.85. The molecular weight excluding hydrogens is 350 g/mol. The fourth-order valence-corrected chi connectivity index (χ4v) is 4.67. The first-order valence-electron chi connectivity index (χ1n) is 8.64. The van der Waals surface area contributed by atoms with Crippen molar-refractivity contribution in [1.29, 1.82) is 0 Å². The number of rotatable bonds is 3. The van der Waals surface area contributed by atoms with Gasteiger partial charge in [0.2, 0.25) is 0 Å². The van der Waals surface area contributed by atoms with Crippen LogP contribution in [0.3, 0.4) is 0 Å². The van der Waals surface area contributed by atoms with E-state index in [1.807, 2.05) is 36.0 Å². The smallest absolute Gasteiger partial charge is 0.408 e. The van der Waals surface area contributed by atoms with Gasteiger partial charge in [-0.1, -0.05) is 17.3 Å². The average Bonchev–Trinajstić information content (AvgIpc) is 3.32. The summed E-state index contributed by atoms with van der Waals surface area (Å²) < 4.78 is 8.76. The lowest BCUT2D eigenvalue weighted by Crippen LogP contribution is -2.17. The number of nitrogens with zero attached hydrogens (tertiary/aromatic N) is 5. The quantitative estimate of drug-likeness (QED) is 0.556. The second-order valence-corrected chi connectivity index (χ2v) is 7.85. The van der Waals surface area contributed by atoms with Gasteiger partial charge >= 0.3 is 5.76 Å². The number of hydrogen-bond donors (Lipinski definition) is 0. The maximum atomic E-state index is 12.2. The average molecular weight is 367 g/mol. The second-order valence-electron chi connectivity index (χ2n) is 6.56. The van der Waals surface area contributed by atoms with E-state index in [2.05, 4.69) is 10.3 Å². The van der Waals surface area contributed by atoms with Crippen molar-refractivity contribution in [2.75, 3.05) is 0 Å². The number of benzene rings is 1. The SMILES string of the molecule is Cc1nc2c(s1)CCC[C@H]2n1cc(Cn2c(=O)oc3ccccc32)nn1. The van der Waals surface area contributed by atoms with Crippen molar-refractivity contribution >= 4 is 22.4 Å². The minimum absolute atomic E-state index is 0.128. The molecule has 0 fully saturated rings. The van der Waals surface area contributed by atoms with E-state index < -0.39 is 0 Å². The molecule has 0 N–H and O–H groups in total. The molecule has 4 aromatic rings. The maximum absolute atomic E-state index is 12.2. The van der Waals surface area contributed by atoms with Crippen molar-refractivity contribution in [3.8, 4) is 0 Å². The molecule has 0 radical (unpaired) electrons. The van der Waals surface area contributed by atoms with Gasteiger partial charge in [-0.05, 0) is 38.3 Å². The minimum Gasteiger partial charge on any atom is -0.408 e. The number of hydrogen-bond acceptors (Lipinski definition) is 6. The van der Waals surface area contributed by atoms with Crippen molar-refractivity contribution in [2.24, 2.45) is 0 Å². The van der Waals surface area contributed by atoms with E-state index >= 15 is 0 Å². The van der Waals surface area contributed by atoms with E-state index in [9.17, 15) is 4.79 Å². The van der Waals surface area contributed by atoms with Gasteiger partial charge in [-0.3, -0.25) is 4.57 Å². The van der Waals surface area contributed by atoms with Gasteiger partial charge in [-0.15, -0.1) is 16.4 Å². The van der Waals surface area contributed by atoms with Crippen LogP contribution < -0.4 is 5.76 Å². The lowest BCUT2D eigenvalue weighted by Gasteiger charge is -2.20. The molecule has 26 heavy (non-hydrogen) atoms. The Kier molecular flexibility index (Phi) is 3.53. The molecule has 3 heterocycles. The van der Waals surface area contributed by atoms with Gasteiger partial charge in [0.1, 0.15) is 5.69 Å². The van der Waals surface area contributed by atoms with E-state index in [-0.39, 0.29) is 11.8 Å². The summed E-state index contributed by atoms with van der Waals surface area (Å²) in [4.78, 5) is 18.2. The van der Waals surface area contributed by atoms with Crippen LogP contribution in [0.25, 0.3) is 11.1 Å². The summed E-state index contributed by atoms with van der Waals surface area (Å²) in [5, 5.41) is 9.70. The van der Waals surface area contributed by atoms with Crippen molar-refractivity contribution in [1.82, 2.24) is 24.5 Å². The molecule has 0 spiro atoms. The highest BCUT2D eigenvalue weighted by Gasteiger charge is 2.26. The van der Waals surface area contributed by atoms with E-state index in [0.29, 0.717) is 12.1 Å². The number of oxazole rings is 1. The van der Waals surface area contributed by atoms with Crippen LogP contribution in [-0.4, -0.2) is 24.5 Å². The highest BCUT2D eigenvalue weighted by molar-refractivity contribution is 7.11. The molecule has 1 atom stereocenters. The van der Waals surface area contributed by atoms with Crippen molar-refractivity contribution < 1.29 is 4.42 Å². The van der Waals surface area contributed by atoms with Gasteiger partial charge in [0, 0.05) is 4.88 Å². The highest BCUT2D eigenvalue weighted by Crippen LogP contribution is 2.35. The molecule has 1 aliphatic rings. The third-order valence-electron chi connectivity index (χ3n) is 4.80. The fourth-order valence-electron chi connectivity index (χ4n) is 3.64. The Hall–Kier alpha value is -2.74. The van der Waals surface area contributed by atoms with Crippen molar-refractivity contribution in [3.63, 3.8) is 0 Å². The van der Waals surface area contributed by atoms with Gasteiger partial charge in [-0.2, -0.15) is 0 Å². The summed E-state index contributed by atoms with van der Waals surface area (Å²) in [6, 6.07) is 7.53. The maximum Gasteiger partial charge on any atom is 0.420 e. The third kappa shape index (κ3) is 2.48. The summed E-state index contributed by atoms with van der Waals surface area (Å²) in [6.45, 7) is 2.38. The molecule has 0 aliphatic heterocycles. The van der Waals surface area contributed by atoms with Gasteiger partial charge in [-0.25, -0.2) is 14.5 Å². The predicted octanol–water partition coefficient (Wildman–Crippen LogP) is 2.92. The Morgan fingerprint density at radius 1 is 1.35 bits per heavy atom. The monoisotopic (exact) mass is 367 g/mol. The van der Waals surface area contributed by atoms with Crippen LogP contribution in [-0.2, 0) is 13.0 Å². The van der Waals surface area contributed by atoms with Crippen LogP contribution in [0.4, 0.5) is 0 Å². The molecule has 1 aromatic carbocycles.